The molecule has 0 atom stereocenters. The van der Waals surface area contributed by atoms with Crippen LogP contribution in [0.3, 0.4) is 0 Å². The third-order valence-corrected chi connectivity index (χ3v) is 6.84. The molecule has 1 aliphatic heterocycles. The number of halogens is 2. The Hall–Kier alpha value is -5.29. The van der Waals surface area contributed by atoms with Crippen LogP contribution in [0.15, 0.2) is 107 Å². The van der Waals surface area contributed by atoms with Crippen LogP contribution in [0.25, 0.3) is 6.08 Å². The first-order valence-corrected chi connectivity index (χ1v) is 13.7. The molecule has 4 aromatic carbocycles. The van der Waals surface area contributed by atoms with Crippen LogP contribution in [0.5, 0.6) is 11.5 Å². The Morgan fingerprint density at radius 2 is 1.63 bits per heavy atom. The molecule has 0 spiro atoms. The van der Waals surface area contributed by atoms with Gasteiger partial charge in [-0.1, -0.05) is 48.5 Å². The van der Waals surface area contributed by atoms with E-state index >= 15 is 0 Å². The summed E-state index contributed by atoms with van der Waals surface area (Å²) in [5.41, 5.74) is 1.47. The molecule has 5 amide bonds. The van der Waals surface area contributed by atoms with Crippen molar-refractivity contribution >= 4 is 57.1 Å². The topological polar surface area (TPSA) is 114 Å². The molecule has 2 N–H and O–H groups in total. The zero-order chi connectivity index (χ0) is 30.3. The Morgan fingerprint density at radius 3 is 2.35 bits per heavy atom. The molecular formula is C32H23BrFN3O6. The van der Waals surface area contributed by atoms with E-state index in [-0.39, 0.29) is 23.6 Å². The SMILES string of the molecule is O=C(COc1ccc(/C=C2/C(=O)NC(=O)N(c3ccc(OCc4ccccc4)cc3)C2=O)cc1Br)Nc1ccccc1F. The Balaban J connectivity index is 1.25. The molecule has 0 aromatic heterocycles. The summed E-state index contributed by atoms with van der Waals surface area (Å²) < 4.78 is 25.5. The van der Waals surface area contributed by atoms with Crippen molar-refractivity contribution in [1.29, 1.82) is 0 Å². The van der Waals surface area contributed by atoms with Gasteiger partial charge in [0.1, 0.15) is 29.5 Å². The molecule has 0 aliphatic carbocycles. The van der Waals surface area contributed by atoms with Gasteiger partial charge in [0.2, 0.25) is 0 Å². The van der Waals surface area contributed by atoms with Crippen molar-refractivity contribution in [2.24, 2.45) is 0 Å². The van der Waals surface area contributed by atoms with Crippen LogP contribution in [0.1, 0.15) is 11.1 Å². The van der Waals surface area contributed by atoms with Crippen LogP contribution in [0.4, 0.5) is 20.6 Å². The van der Waals surface area contributed by atoms with E-state index in [1.54, 1.807) is 42.5 Å². The van der Waals surface area contributed by atoms with Crippen LogP contribution in [0.2, 0.25) is 0 Å². The number of hydrogen-bond acceptors (Lipinski definition) is 6. The first-order valence-electron chi connectivity index (χ1n) is 12.9. The lowest BCUT2D eigenvalue weighted by Gasteiger charge is -2.26. The summed E-state index contributed by atoms with van der Waals surface area (Å²) in [6.45, 7) is -0.0353. The number of ether oxygens (including phenoxy) is 2. The van der Waals surface area contributed by atoms with Crippen molar-refractivity contribution in [2.45, 2.75) is 6.61 Å². The van der Waals surface area contributed by atoms with E-state index in [2.05, 4.69) is 26.6 Å². The number of amides is 5. The van der Waals surface area contributed by atoms with Crippen molar-refractivity contribution in [3.63, 3.8) is 0 Å². The van der Waals surface area contributed by atoms with E-state index < -0.39 is 29.6 Å². The molecule has 1 saturated heterocycles. The predicted octanol–water partition coefficient (Wildman–Crippen LogP) is 5.85. The first kappa shape index (κ1) is 29.2. The lowest BCUT2D eigenvalue weighted by Crippen LogP contribution is -2.54. The van der Waals surface area contributed by atoms with Gasteiger partial charge < -0.3 is 14.8 Å². The Kier molecular flexibility index (Phi) is 8.92. The van der Waals surface area contributed by atoms with Gasteiger partial charge in [-0.25, -0.2) is 14.1 Å². The number of para-hydroxylation sites is 1. The molecule has 0 bridgehead atoms. The third kappa shape index (κ3) is 7.14. The fourth-order valence-electron chi connectivity index (χ4n) is 4.11. The van der Waals surface area contributed by atoms with Crippen LogP contribution < -0.4 is 25.0 Å². The van der Waals surface area contributed by atoms with Gasteiger partial charge in [-0.15, -0.1) is 0 Å². The minimum Gasteiger partial charge on any atom is -0.489 e. The fraction of sp³-hybridized carbons (Fsp3) is 0.0625. The second kappa shape index (κ2) is 13.1. The summed E-state index contributed by atoms with van der Waals surface area (Å²) >= 11 is 3.36. The molecule has 216 valence electrons. The molecule has 0 unspecified atom stereocenters. The standard InChI is InChI=1S/C32H23BrFN3O6/c33-25-17-21(10-15-28(25)43-19-29(38)35-27-9-5-4-8-26(27)34)16-24-30(39)36-32(41)37(31(24)40)22-11-13-23(14-12-22)42-18-20-6-2-1-3-7-20/h1-17H,18-19H2,(H,35,38)(H,36,39,41)/b24-16-. The normalized spacial score (nSPS) is 14.0. The Morgan fingerprint density at radius 1 is 0.907 bits per heavy atom. The molecule has 1 aliphatic rings. The maximum atomic E-state index is 13.8. The molecule has 1 heterocycles. The van der Waals surface area contributed by atoms with Gasteiger partial charge in [-0.2, -0.15) is 0 Å². The van der Waals surface area contributed by atoms with E-state index in [1.165, 1.54) is 30.3 Å². The van der Waals surface area contributed by atoms with Gasteiger partial charge in [0.05, 0.1) is 15.8 Å². The third-order valence-electron chi connectivity index (χ3n) is 6.22. The molecule has 5 rings (SSSR count). The monoisotopic (exact) mass is 643 g/mol. The molecule has 11 heteroatoms. The lowest BCUT2D eigenvalue weighted by molar-refractivity contribution is -0.122. The summed E-state index contributed by atoms with van der Waals surface area (Å²) in [6, 6.07) is 25.5. The summed E-state index contributed by atoms with van der Waals surface area (Å²) in [5.74, 6) is -1.92. The molecule has 4 aromatic rings. The number of anilines is 2. The van der Waals surface area contributed by atoms with Crippen molar-refractivity contribution < 1.29 is 33.0 Å². The maximum Gasteiger partial charge on any atom is 0.335 e. The summed E-state index contributed by atoms with van der Waals surface area (Å²) in [4.78, 5) is 51.5. The van der Waals surface area contributed by atoms with E-state index in [4.69, 9.17) is 9.47 Å². The molecule has 0 radical (unpaired) electrons. The fourth-order valence-corrected chi connectivity index (χ4v) is 4.62. The van der Waals surface area contributed by atoms with E-state index in [0.29, 0.717) is 28.1 Å². The van der Waals surface area contributed by atoms with Gasteiger partial charge in [-0.05, 0) is 81.7 Å². The smallest absolute Gasteiger partial charge is 0.335 e. The predicted molar refractivity (Wildman–Crippen MR) is 161 cm³/mol. The quantitative estimate of drug-likeness (QED) is 0.175. The summed E-state index contributed by atoms with van der Waals surface area (Å²) in [7, 11) is 0. The number of imide groups is 2. The van der Waals surface area contributed by atoms with Crippen molar-refractivity contribution in [1.82, 2.24) is 5.32 Å². The average molecular weight is 644 g/mol. The van der Waals surface area contributed by atoms with E-state index in [9.17, 15) is 23.6 Å². The van der Waals surface area contributed by atoms with Crippen LogP contribution in [-0.4, -0.2) is 30.4 Å². The second-order valence-corrected chi connectivity index (χ2v) is 10.1. The highest BCUT2D eigenvalue weighted by molar-refractivity contribution is 9.10. The Labute approximate surface area is 254 Å². The Bertz CT molecular complexity index is 1730. The number of nitrogens with one attached hydrogen (secondary N) is 2. The lowest BCUT2D eigenvalue weighted by atomic mass is 10.1. The number of urea groups is 1. The number of nitrogens with zero attached hydrogens (tertiary/aromatic N) is 1. The van der Waals surface area contributed by atoms with Gasteiger partial charge >= 0.3 is 6.03 Å². The highest BCUT2D eigenvalue weighted by Gasteiger charge is 2.36. The summed E-state index contributed by atoms with van der Waals surface area (Å²) in [5, 5.41) is 4.62. The van der Waals surface area contributed by atoms with Crippen LogP contribution in [-0.2, 0) is 21.0 Å². The first-order chi connectivity index (χ1) is 20.8. The average Bonchev–Trinajstić information content (AvgIpc) is 3.00. The molecule has 0 saturated carbocycles. The molecule has 9 nitrogen and oxygen atoms in total. The number of hydrogen-bond donors (Lipinski definition) is 2. The minimum atomic E-state index is -0.872. The largest absolute Gasteiger partial charge is 0.489 e. The maximum absolute atomic E-state index is 13.8. The zero-order valence-corrected chi connectivity index (χ0v) is 24.0. The van der Waals surface area contributed by atoms with Gasteiger partial charge in [0.15, 0.2) is 6.61 Å². The van der Waals surface area contributed by atoms with Gasteiger partial charge in [0.25, 0.3) is 17.7 Å². The second-order valence-electron chi connectivity index (χ2n) is 9.23. The number of carbonyl (C=O) groups excluding carboxylic acids is 4. The number of benzene rings is 4. The van der Waals surface area contributed by atoms with E-state index in [1.807, 2.05) is 30.3 Å². The number of carbonyl (C=O) groups is 4. The minimum absolute atomic E-state index is 0.0347. The highest BCUT2D eigenvalue weighted by Crippen LogP contribution is 2.29. The molecular weight excluding hydrogens is 621 g/mol. The van der Waals surface area contributed by atoms with Crippen molar-refractivity contribution in [3.05, 3.63) is 124 Å². The number of rotatable bonds is 9. The molecule has 43 heavy (non-hydrogen) atoms. The van der Waals surface area contributed by atoms with Crippen LogP contribution in [0, 0.1) is 5.82 Å². The zero-order valence-electron chi connectivity index (χ0n) is 22.4. The van der Waals surface area contributed by atoms with E-state index in [0.717, 1.165) is 10.5 Å². The van der Waals surface area contributed by atoms with Crippen molar-refractivity contribution in [2.75, 3.05) is 16.8 Å². The molecule has 1 fully saturated rings. The summed E-state index contributed by atoms with van der Waals surface area (Å²) in [6.07, 6.45) is 1.34. The highest BCUT2D eigenvalue weighted by atomic mass is 79.9. The van der Waals surface area contributed by atoms with Crippen LogP contribution >= 0.6 is 15.9 Å². The van der Waals surface area contributed by atoms with Gasteiger partial charge in [0, 0.05) is 0 Å². The number of barbiturate groups is 1. The van der Waals surface area contributed by atoms with Gasteiger partial charge in [-0.3, -0.25) is 19.7 Å². The van der Waals surface area contributed by atoms with Crippen molar-refractivity contribution in [3.8, 4) is 11.5 Å².